The van der Waals surface area contributed by atoms with Gasteiger partial charge in [-0.15, -0.1) is 0 Å². The van der Waals surface area contributed by atoms with E-state index < -0.39 is 0 Å². The second kappa shape index (κ2) is 9.20. The standard InChI is InChI=1S/C14H29N3O/c1-2-3-11-16-14(18)17(12-7-10-15)13-8-5-4-6-9-13/h13H,2-12,15H2,1H3,(H,16,18). The van der Waals surface area contributed by atoms with E-state index in [9.17, 15) is 4.79 Å². The van der Waals surface area contributed by atoms with E-state index in [-0.39, 0.29) is 6.03 Å². The van der Waals surface area contributed by atoms with Crippen molar-refractivity contribution in [3.8, 4) is 0 Å². The van der Waals surface area contributed by atoms with E-state index in [1.54, 1.807) is 0 Å². The van der Waals surface area contributed by atoms with E-state index in [1.807, 2.05) is 4.90 Å². The molecule has 4 nitrogen and oxygen atoms in total. The molecular formula is C14H29N3O. The fraction of sp³-hybridized carbons (Fsp3) is 0.929. The number of hydrogen-bond acceptors (Lipinski definition) is 2. The van der Waals surface area contributed by atoms with Crippen LogP contribution in [0.15, 0.2) is 0 Å². The number of hydrogen-bond donors (Lipinski definition) is 2. The SMILES string of the molecule is CCCCNC(=O)N(CCCN)C1CCCCC1. The highest BCUT2D eigenvalue weighted by Gasteiger charge is 2.24. The predicted molar refractivity (Wildman–Crippen MR) is 75.6 cm³/mol. The molecule has 0 heterocycles. The van der Waals surface area contributed by atoms with Crippen molar-refractivity contribution in [2.45, 2.75) is 64.3 Å². The highest BCUT2D eigenvalue weighted by Crippen LogP contribution is 2.22. The molecule has 1 fully saturated rings. The monoisotopic (exact) mass is 255 g/mol. The number of amides is 2. The van der Waals surface area contributed by atoms with Gasteiger partial charge in [-0.2, -0.15) is 0 Å². The van der Waals surface area contributed by atoms with Crippen LogP contribution < -0.4 is 11.1 Å². The van der Waals surface area contributed by atoms with Gasteiger partial charge in [-0.3, -0.25) is 0 Å². The highest BCUT2D eigenvalue weighted by molar-refractivity contribution is 5.74. The lowest BCUT2D eigenvalue weighted by Gasteiger charge is -2.34. The van der Waals surface area contributed by atoms with Gasteiger partial charge in [-0.05, 0) is 32.2 Å². The Hall–Kier alpha value is -0.770. The molecule has 1 aliphatic carbocycles. The quantitative estimate of drug-likeness (QED) is 0.687. The lowest BCUT2D eigenvalue weighted by atomic mass is 9.94. The van der Waals surface area contributed by atoms with Gasteiger partial charge in [0, 0.05) is 19.1 Å². The minimum atomic E-state index is 0.115. The number of carbonyl (C=O) groups excluding carboxylic acids is 1. The normalized spacial score (nSPS) is 16.6. The summed E-state index contributed by atoms with van der Waals surface area (Å²) in [5.41, 5.74) is 5.57. The zero-order valence-electron chi connectivity index (χ0n) is 11.8. The Morgan fingerprint density at radius 2 is 2.00 bits per heavy atom. The molecule has 1 aliphatic rings. The van der Waals surface area contributed by atoms with Crippen molar-refractivity contribution in [2.75, 3.05) is 19.6 Å². The number of rotatable bonds is 7. The second-order valence-corrected chi connectivity index (χ2v) is 5.21. The maximum Gasteiger partial charge on any atom is 0.317 e. The Morgan fingerprint density at radius 3 is 2.61 bits per heavy atom. The Morgan fingerprint density at radius 1 is 1.28 bits per heavy atom. The average Bonchev–Trinajstić information content (AvgIpc) is 2.41. The van der Waals surface area contributed by atoms with Crippen LogP contribution in [-0.4, -0.2) is 36.6 Å². The number of unbranched alkanes of at least 4 members (excludes halogenated alkanes) is 1. The molecule has 4 heteroatoms. The number of urea groups is 1. The van der Waals surface area contributed by atoms with E-state index in [2.05, 4.69) is 12.2 Å². The first kappa shape index (κ1) is 15.3. The summed E-state index contributed by atoms with van der Waals surface area (Å²) in [5.74, 6) is 0. The first-order chi connectivity index (χ1) is 8.79. The summed E-state index contributed by atoms with van der Waals surface area (Å²) < 4.78 is 0. The molecule has 0 atom stereocenters. The van der Waals surface area contributed by atoms with E-state index in [4.69, 9.17) is 5.73 Å². The van der Waals surface area contributed by atoms with Gasteiger partial charge >= 0.3 is 6.03 Å². The van der Waals surface area contributed by atoms with Gasteiger partial charge in [-0.1, -0.05) is 32.6 Å². The summed E-state index contributed by atoms with van der Waals surface area (Å²) in [5, 5.41) is 3.04. The molecule has 3 N–H and O–H groups in total. The van der Waals surface area contributed by atoms with Crippen LogP contribution in [0.2, 0.25) is 0 Å². The first-order valence-electron chi connectivity index (χ1n) is 7.54. The van der Waals surface area contributed by atoms with Crippen LogP contribution in [0, 0.1) is 0 Å². The number of nitrogens with zero attached hydrogens (tertiary/aromatic N) is 1. The smallest absolute Gasteiger partial charge is 0.317 e. The van der Waals surface area contributed by atoms with E-state index in [1.165, 1.54) is 19.3 Å². The molecule has 0 aromatic heterocycles. The molecule has 0 unspecified atom stereocenters. The van der Waals surface area contributed by atoms with Gasteiger partial charge in [0.05, 0.1) is 0 Å². The van der Waals surface area contributed by atoms with Crippen LogP contribution in [0.5, 0.6) is 0 Å². The Kier molecular flexibility index (Phi) is 7.81. The fourth-order valence-corrected chi connectivity index (χ4v) is 2.58. The Balaban J connectivity index is 2.44. The van der Waals surface area contributed by atoms with Crippen LogP contribution >= 0.6 is 0 Å². The van der Waals surface area contributed by atoms with Crippen molar-refractivity contribution >= 4 is 6.03 Å². The van der Waals surface area contributed by atoms with Gasteiger partial charge < -0.3 is 16.0 Å². The summed E-state index contributed by atoms with van der Waals surface area (Å²) >= 11 is 0. The second-order valence-electron chi connectivity index (χ2n) is 5.21. The van der Waals surface area contributed by atoms with Crippen molar-refractivity contribution < 1.29 is 4.79 Å². The van der Waals surface area contributed by atoms with Gasteiger partial charge in [0.1, 0.15) is 0 Å². The third-order valence-corrected chi connectivity index (χ3v) is 3.69. The number of nitrogens with two attached hydrogens (primary N) is 1. The first-order valence-corrected chi connectivity index (χ1v) is 7.54. The van der Waals surface area contributed by atoms with Crippen LogP contribution in [0.25, 0.3) is 0 Å². The third kappa shape index (κ3) is 5.25. The maximum absolute atomic E-state index is 12.2. The van der Waals surface area contributed by atoms with Gasteiger partial charge in [0.15, 0.2) is 0 Å². The van der Waals surface area contributed by atoms with Gasteiger partial charge in [-0.25, -0.2) is 4.79 Å². The lowest BCUT2D eigenvalue weighted by molar-refractivity contribution is 0.155. The molecule has 0 aromatic carbocycles. The summed E-state index contributed by atoms with van der Waals surface area (Å²) in [6, 6.07) is 0.552. The molecule has 106 valence electrons. The maximum atomic E-state index is 12.2. The molecule has 0 saturated heterocycles. The van der Waals surface area contributed by atoms with Crippen LogP contribution in [0.3, 0.4) is 0 Å². The molecule has 1 saturated carbocycles. The number of nitrogens with one attached hydrogen (secondary N) is 1. The average molecular weight is 255 g/mol. The van der Waals surface area contributed by atoms with E-state index >= 15 is 0 Å². The summed E-state index contributed by atoms with van der Waals surface area (Å²) in [6.45, 7) is 4.39. The van der Waals surface area contributed by atoms with Crippen molar-refractivity contribution in [3.63, 3.8) is 0 Å². The summed E-state index contributed by atoms with van der Waals surface area (Å²) in [6.07, 6.45) is 9.22. The summed E-state index contributed by atoms with van der Waals surface area (Å²) in [7, 11) is 0. The van der Waals surface area contributed by atoms with Gasteiger partial charge in [0.25, 0.3) is 0 Å². The minimum absolute atomic E-state index is 0.115. The van der Waals surface area contributed by atoms with Crippen LogP contribution in [-0.2, 0) is 0 Å². The third-order valence-electron chi connectivity index (χ3n) is 3.69. The van der Waals surface area contributed by atoms with Crippen molar-refractivity contribution in [1.82, 2.24) is 10.2 Å². The van der Waals surface area contributed by atoms with Crippen LogP contribution in [0.1, 0.15) is 58.3 Å². The molecule has 18 heavy (non-hydrogen) atoms. The minimum Gasteiger partial charge on any atom is -0.338 e. The predicted octanol–water partition coefficient (Wildman–Crippen LogP) is 2.48. The van der Waals surface area contributed by atoms with E-state index in [0.717, 1.165) is 45.2 Å². The topological polar surface area (TPSA) is 58.4 Å². The molecule has 2 amide bonds. The molecule has 0 aromatic rings. The highest BCUT2D eigenvalue weighted by atomic mass is 16.2. The van der Waals surface area contributed by atoms with E-state index in [0.29, 0.717) is 12.6 Å². The largest absolute Gasteiger partial charge is 0.338 e. The van der Waals surface area contributed by atoms with Crippen molar-refractivity contribution in [1.29, 1.82) is 0 Å². The van der Waals surface area contributed by atoms with Crippen LogP contribution in [0.4, 0.5) is 4.79 Å². The molecular weight excluding hydrogens is 226 g/mol. The molecule has 0 bridgehead atoms. The molecule has 0 aliphatic heterocycles. The zero-order chi connectivity index (χ0) is 13.2. The fourth-order valence-electron chi connectivity index (χ4n) is 2.58. The zero-order valence-corrected chi connectivity index (χ0v) is 11.8. The molecule has 1 rings (SSSR count). The summed E-state index contributed by atoms with van der Waals surface area (Å²) in [4.78, 5) is 14.2. The molecule has 0 radical (unpaired) electrons. The molecule has 0 spiro atoms. The Labute approximate surface area is 111 Å². The lowest BCUT2D eigenvalue weighted by Crippen LogP contribution is -2.47. The Bertz CT molecular complexity index is 227. The van der Waals surface area contributed by atoms with Crippen molar-refractivity contribution in [3.05, 3.63) is 0 Å². The van der Waals surface area contributed by atoms with Crippen molar-refractivity contribution in [2.24, 2.45) is 5.73 Å². The number of carbonyl (C=O) groups is 1. The van der Waals surface area contributed by atoms with Gasteiger partial charge in [0.2, 0.25) is 0 Å².